The van der Waals surface area contributed by atoms with E-state index in [0.29, 0.717) is 33.9 Å². The van der Waals surface area contributed by atoms with E-state index in [1.54, 1.807) is 0 Å². The maximum Gasteiger partial charge on any atom is 0.104 e. The smallest absolute Gasteiger partial charge is 0.104 e. The Balaban J connectivity index is 1.35. The Hall–Kier alpha value is -8.58. The van der Waals surface area contributed by atoms with Gasteiger partial charge in [0.15, 0.2) is 0 Å². The summed E-state index contributed by atoms with van der Waals surface area (Å²) in [7, 11) is 0. The van der Waals surface area contributed by atoms with Crippen LogP contribution in [0.3, 0.4) is 0 Å². The highest BCUT2D eigenvalue weighted by Crippen LogP contribution is 2.56. The number of anilines is 2. The van der Waals surface area contributed by atoms with E-state index in [0.717, 1.165) is 76.7 Å². The number of allylic oxidation sites excluding steroid dienone is 2. The number of hydrogen-bond acceptors (Lipinski definition) is 3. The van der Waals surface area contributed by atoms with Crippen molar-refractivity contribution in [3.63, 3.8) is 0 Å². The van der Waals surface area contributed by atoms with E-state index in [1.807, 2.05) is 0 Å². The molecule has 1 aliphatic carbocycles. The molecular weight excluding hydrogens is 769 g/mol. The van der Waals surface area contributed by atoms with Crippen molar-refractivity contribution >= 4 is 76.8 Å². The maximum absolute atomic E-state index is 12.3. The molecular formula is C57H36N6. The van der Waals surface area contributed by atoms with Crippen molar-refractivity contribution in [2.24, 2.45) is 0 Å². The largest absolute Gasteiger partial charge is 0.330 e. The van der Waals surface area contributed by atoms with Crippen LogP contribution in [-0.2, 0) is 5.41 Å². The van der Waals surface area contributed by atoms with Crippen LogP contribution in [-0.4, -0.2) is 19.7 Å². The highest BCUT2D eigenvalue weighted by atomic mass is 15.2. The highest BCUT2D eigenvalue weighted by molar-refractivity contribution is 6.14. The van der Waals surface area contributed by atoms with E-state index >= 15 is 0 Å². The predicted molar refractivity (Wildman–Crippen MR) is 257 cm³/mol. The van der Waals surface area contributed by atoms with Gasteiger partial charge in [-0.05, 0) is 55.0 Å². The molecule has 0 fully saturated rings. The second-order valence-electron chi connectivity index (χ2n) is 16.8. The van der Waals surface area contributed by atoms with Crippen LogP contribution in [0.5, 0.6) is 0 Å². The summed E-state index contributed by atoms with van der Waals surface area (Å²) in [5.41, 5.74) is 11.0. The first-order valence-corrected chi connectivity index (χ1v) is 21.4. The first-order valence-electron chi connectivity index (χ1n) is 21.4. The minimum atomic E-state index is -0.429. The van der Waals surface area contributed by atoms with Gasteiger partial charge in [0, 0.05) is 43.4 Å². The Labute approximate surface area is 362 Å². The zero-order valence-electron chi connectivity index (χ0n) is 34.2. The summed E-state index contributed by atoms with van der Waals surface area (Å²) >= 11 is 0. The number of nitriles is 2. The Morgan fingerprint density at radius 2 is 0.746 bits per heavy atom. The Morgan fingerprint density at radius 3 is 1.14 bits per heavy atom. The molecule has 8 aromatic carbocycles. The molecule has 0 spiro atoms. The average molecular weight is 805 g/mol. The maximum atomic E-state index is 12.3. The van der Waals surface area contributed by atoms with Crippen LogP contribution in [0, 0.1) is 22.7 Å². The third-order valence-electron chi connectivity index (χ3n) is 13.8. The molecule has 0 amide bonds. The number of aromatic nitrogens is 3. The topological polar surface area (TPSA) is 65.6 Å². The number of rotatable bonds is 4. The van der Waals surface area contributed by atoms with Gasteiger partial charge in [0.1, 0.15) is 23.3 Å². The molecule has 4 heterocycles. The van der Waals surface area contributed by atoms with Gasteiger partial charge < -0.3 is 18.6 Å². The minimum absolute atomic E-state index is 0.213. The van der Waals surface area contributed by atoms with Gasteiger partial charge >= 0.3 is 0 Å². The van der Waals surface area contributed by atoms with Crippen LogP contribution < -0.4 is 4.90 Å². The lowest BCUT2D eigenvalue weighted by atomic mass is 9.76. The number of para-hydroxylation sites is 7. The molecule has 1 aliphatic heterocycles. The van der Waals surface area contributed by atoms with Gasteiger partial charge in [-0.3, -0.25) is 0 Å². The normalized spacial score (nSPS) is 16.7. The molecule has 63 heavy (non-hydrogen) atoms. The van der Waals surface area contributed by atoms with E-state index in [9.17, 15) is 10.5 Å². The summed E-state index contributed by atoms with van der Waals surface area (Å²) in [5.74, 6) is 0. The van der Waals surface area contributed by atoms with E-state index in [-0.39, 0.29) is 6.04 Å². The van der Waals surface area contributed by atoms with Crippen LogP contribution >= 0.6 is 0 Å². The Kier molecular flexibility index (Phi) is 7.24. The molecule has 0 saturated heterocycles. The van der Waals surface area contributed by atoms with Gasteiger partial charge in [-0.15, -0.1) is 0 Å². The Bertz CT molecular complexity index is 3770. The van der Waals surface area contributed by atoms with Crippen LogP contribution in [0.25, 0.3) is 82.5 Å². The third kappa shape index (κ3) is 4.54. The van der Waals surface area contributed by atoms with E-state index in [1.165, 1.54) is 0 Å². The molecule has 13 rings (SSSR count). The fourth-order valence-corrected chi connectivity index (χ4v) is 11.2. The number of hydrogen-bond donors (Lipinski definition) is 0. The van der Waals surface area contributed by atoms with Crippen LogP contribution in [0.2, 0.25) is 0 Å². The first-order chi connectivity index (χ1) is 31.1. The van der Waals surface area contributed by atoms with Crippen molar-refractivity contribution in [3.05, 3.63) is 211 Å². The molecule has 6 heteroatoms. The molecule has 2 atom stereocenters. The molecule has 11 aromatic rings. The highest BCUT2D eigenvalue weighted by Gasteiger charge is 2.49. The molecule has 2 unspecified atom stereocenters. The fourth-order valence-electron chi connectivity index (χ4n) is 11.2. The molecule has 0 saturated carbocycles. The zero-order chi connectivity index (χ0) is 42.0. The summed E-state index contributed by atoms with van der Waals surface area (Å²) in [6.07, 6.45) is 8.78. The predicted octanol–water partition coefficient (Wildman–Crippen LogP) is 13.6. The van der Waals surface area contributed by atoms with Gasteiger partial charge in [-0.25, -0.2) is 0 Å². The van der Waals surface area contributed by atoms with Crippen LogP contribution in [0.15, 0.2) is 194 Å². The van der Waals surface area contributed by atoms with Crippen molar-refractivity contribution in [2.75, 3.05) is 4.90 Å². The van der Waals surface area contributed by atoms with Gasteiger partial charge in [0.05, 0.1) is 61.9 Å². The minimum Gasteiger partial charge on any atom is -0.330 e. The van der Waals surface area contributed by atoms with Crippen molar-refractivity contribution in [1.29, 1.82) is 10.5 Å². The van der Waals surface area contributed by atoms with Gasteiger partial charge in [-0.2, -0.15) is 10.5 Å². The lowest BCUT2D eigenvalue weighted by Crippen LogP contribution is -2.40. The summed E-state index contributed by atoms with van der Waals surface area (Å²) in [5, 5.41) is 31.1. The molecule has 294 valence electrons. The molecule has 0 bridgehead atoms. The summed E-state index contributed by atoms with van der Waals surface area (Å²) in [6.45, 7) is 2.29. The van der Waals surface area contributed by atoms with Crippen LogP contribution in [0.1, 0.15) is 23.6 Å². The van der Waals surface area contributed by atoms with Gasteiger partial charge in [0.2, 0.25) is 0 Å². The van der Waals surface area contributed by atoms with E-state index in [2.05, 4.69) is 232 Å². The molecule has 0 N–H and O–H groups in total. The first kappa shape index (κ1) is 35.2. The molecule has 3 aromatic heterocycles. The summed E-state index contributed by atoms with van der Waals surface area (Å²) in [4.78, 5) is 2.36. The second kappa shape index (κ2) is 13.0. The fraction of sp³-hybridized carbons (Fsp3) is 0.0526. The van der Waals surface area contributed by atoms with Gasteiger partial charge in [0.25, 0.3) is 0 Å². The average Bonchev–Trinajstić information content (AvgIpc) is 4.04. The molecule has 2 aliphatic rings. The Morgan fingerprint density at radius 1 is 0.413 bits per heavy atom. The van der Waals surface area contributed by atoms with Crippen molar-refractivity contribution in [2.45, 2.75) is 18.4 Å². The number of fused-ring (bicyclic) bond motifs is 12. The SMILES string of the molecule is CC12C=CC=CC1N(c1c(C#N)c(-n3c4ccccc4c4ccccc43)c(-n3c4ccccc4c4ccccc43)c(C#N)c1-n1c3ccccc3c3ccccc31)c1ccccc12. The second-order valence-corrected chi connectivity index (χ2v) is 16.8. The number of benzene rings is 8. The van der Waals surface area contributed by atoms with Crippen molar-refractivity contribution < 1.29 is 0 Å². The third-order valence-corrected chi connectivity index (χ3v) is 13.8. The monoisotopic (exact) mass is 804 g/mol. The number of nitrogens with zero attached hydrogens (tertiary/aromatic N) is 6. The summed E-state index contributed by atoms with van der Waals surface area (Å²) < 4.78 is 6.75. The lowest BCUT2D eigenvalue weighted by Gasteiger charge is -2.37. The standard InChI is InChI=1S/C57H36N6/c1-57-33-17-16-32-52(57)63(51-31-15-8-24-44(51)57)56-43(35-59)54(61-47-27-11-4-20-38(47)39-21-5-12-28-48(39)61)53(60-45-25-9-2-18-36(45)37-19-3-10-26-46(37)60)42(34-58)55(56)62-49-29-13-6-22-40(49)41-23-7-14-30-50(41)62/h2-33,52H,1H3. The van der Waals surface area contributed by atoms with Crippen molar-refractivity contribution in [3.8, 4) is 29.2 Å². The van der Waals surface area contributed by atoms with Crippen LogP contribution in [0.4, 0.5) is 11.4 Å². The van der Waals surface area contributed by atoms with E-state index in [4.69, 9.17) is 0 Å². The lowest BCUT2D eigenvalue weighted by molar-refractivity contribution is 0.550. The van der Waals surface area contributed by atoms with Gasteiger partial charge in [-0.1, -0.05) is 152 Å². The molecule has 0 radical (unpaired) electrons. The summed E-state index contributed by atoms with van der Waals surface area (Å²) in [6, 6.07) is 64.7. The zero-order valence-corrected chi connectivity index (χ0v) is 34.2. The van der Waals surface area contributed by atoms with E-state index < -0.39 is 5.41 Å². The van der Waals surface area contributed by atoms with Crippen molar-refractivity contribution in [1.82, 2.24) is 13.7 Å². The molecule has 6 nitrogen and oxygen atoms in total. The quantitative estimate of drug-likeness (QED) is 0.178.